The van der Waals surface area contributed by atoms with E-state index in [1.54, 1.807) is 11.8 Å². The predicted molar refractivity (Wildman–Crippen MR) is 75.7 cm³/mol. The molecular formula is C13H16BrN3O2. The standard InChI is InChI=1S/C13H16BrN3O2/c1-10-11(4-3-5-12(10)14)13-8-17(16-15-13)9-19-7-6-18-2/h3-5,8H,6-7,9H2,1-2H3. The summed E-state index contributed by atoms with van der Waals surface area (Å²) in [7, 11) is 1.65. The maximum absolute atomic E-state index is 5.39. The summed E-state index contributed by atoms with van der Waals surface area (Å²) in [5.74, 6) is 0. The summed E-state index contributed by atoms with van der Waals surface area (Å²) in [6.07, 6.45) is 1.88. The minimum Gasteiger partial charge on any atom is -0.382 e. The molecule has 0 bridgehead atoms. The second-order valence-corrected chi connectivity index (χ2v) is 4.94. The van der Waals surface area contributed by atoms with Gasteiger partial charge in [-0.3, -0.25) is 0 Å². The molecule has 19 heavy (non-hydrogen) atoms. The summed E-state index contributed by atoms with van der Waals surface area (Å²) in [5.41, 5.74) is 3.06. The van der Waals surface area contributed by atoms with E-state index in [4.69, 9.17) is 9.47 Å². The van der Waals surface area contributed by atoms with E-state index in [1.165, 1.54) is 0 Å². The first-order valence-corrected chi connectivity index (χ1v) is 6.74. The van der Waals surface area contributed by atoms with Crippen LogP contribution in [0.15, 0.2) is 28.9 Å². The smallest absolute Gasteiger partial charge is 0.141 e. The molecule has 0 aliphatic carbocycles. The van der Waals surface area contributed by atoms with Gasteiger partial charge in [0.15, 0.2) is 0 Å². The zero-order valence-corrected chi connectivity index (χ0v) is 12.6. The molecular weight excluding hydrogens is 310 g/mol. The van der Waals surface area contributed by atoms with Gasteiger partial charge in [-0.2, -0.15) is 0 Å². The van der Waals surface area contributed by atoms with Gasteiger partial charge in [0.05, 0.1) is 19.4 Å². The number of methoxy groups -OCH3 is 1. The van der Waals surface area contributed by atoms with Gasteiger partial charge in [-0.05, 0) is 18.6 Å². The predicted octanol–water partition coefficient (Wildman–Crippen LogP) is 2.64. The highest BCUT2D eigenvalue weighted by molar-refractivity contribution is 9.10. The van der Waals surface area contributed by atoms with Gasteiger partial charge in [0, 0.05) is 17.1 Å². The van der Waals surface area contributed by atoms with Gasteiger partial charge in [0.1, 0.15) is 12.4 Å². The maximum Gasteiger partial charge on any atom is 0.141 e. The summed E-state index contributed by atoms with van der Waals surface area (Å²) in [5, 5.41) is 8.21. The van der Waals surface area contributed by atoms with Crippen molar-refractivity contribution in [3.05, 3.63) is 34.4 Å². The molecule has 0 amide bonds. The maximum atomic E-state index is 5.39. The minimum atomic E-state index is 0.378. The van der Waals surface area contributed by atoms with Crippen LogP contribution < -0.4 is 0 Å². The molecule has 5 nitrogen and oxygen atoms in total. The molecule has 2 aromatic rings. The van der Waals surface area contributed by atoms with Crippen molar-refractivity contribution in [1.29, 1.82) is 0 Å². The third-order valence-electron chi connectivity index (χ3n) is 2.74. The van der Waals surface area contributed by atoms with Crippen LogP contribution in [0, 0.1) is 6.92 Å². The lowest BCUT2D eigenvalue weighted by molar-refractivity contribution is 0.0281. The lowest BCUT2D eigenvalue weighted by atomic mass is 10.1. The molecule has 0 unspecified atom stereocenters. The van der Waals surface area contributed by atoms with Crippen LogP contribution in [-0.2, 0) is 16.2 Å². The molecule has 2 rings (SSSR count). The van der Waals surface area contributed by atoms with E-state index in [0.29, 0.717) is 19.9 Å². The van der Waals surface area contributed by atoms with E-state index in [2.05, 4.69) is 26.2 Å². The summed E-state index contributed by atoms with van der Waals surface area (Å²) in [6.45, 7) is 3.55. The summed E-state index contributed by atoms with van der Waals surface area (Å²) < 4.78 is 13.0. The van der Waals surface area contributed by atoms with Crippen LogP contribution in [0.5, 0.6) is 0 Å². The Morgan fingerprint density at radius 1 is 1.32 bits per heavy atom. The third kappa shape index (κ3) is 3.62. The average Bonchev–Trinajstić information content (AvgIpc) is 2.87. The molecule has 0 N–H and O–H groups in total. The highest BCUT2D eigenvalue weighted by Crippen LogP contribution is 2.26. The molecule has 0 aliphatic rings. The van der Waals surface area contributed by atoms with Gasteiger partial charge in [-0.25, -0.2) is 4.68 Å². The van der Waals surface area contributed by atoms with Crippen LogP contribution in [0.25, 0.3) is 11.3 Å². The molecule has 0 saturated heterocycles. The first kappa shape index (κ1) is 14.2. The second-order valence-electron chi connectivity index (χ2n) is 4.09. The minimum absolute atomic E-state index is 0.378. The van der Waals surface area contributed by atoms with Crippen molar-refractivity contribution in [2.45, 2.75) is 13.7 Å². The molecule has 0 radical (unpaired) electrons. The molecule has 0 fully saturated rings. The first-order valence-electron chi connectivity index (χ1n) is 5.94. The van der Waals surface area contributed by atoms with Crippen LogP contribution in [0.1, 0.15) is 5.56 Å². The van der Waals surface area contributed by atoms with Gasteiger partial charge in [0.25, 0.3) is 0 Å². The van der Waals surface area contributed by atoms with Crippen molar-refractivity contribution >= 4 is 15.9 Å². The Balaban J connectivity index is 2.06. The second kappa shape index (κ2) is 6.79. The van der Waals surface area contributed by atoms with Crippen molar-refractivity contribution in [1.82, 2.24) is 15.0 Å². The molecule has 102 valence electrons. The fourth-order valence-electron chi connectivity index (χ4n) is 1.67. The summed E-state index contributed by atoms with van der Waals surface area (Å²) in [4.78, 5) is 0. The number of benzene rings is 1. The summed E-state index contributed by atoms with van der Waals surface area (Å²) >= 11 is 3.52. The van der Waals surface area contributed by atoms with Crippen LogP contribution in [0.3, 0.4) is 0 Å². The average molecular weight is 326 g/mol. The fourth-order valence-corrected chi connectivity index (χ4v) is 2.04. The summed E-state index contributed by atoms with van der Waals surface area (Å²) in [6, 6.07) is 6.03. The van der Waals surface area contributed by atoms with Gasteiger partial charge in [-0.15, -0.1) is 5.10 Å². The van der Waals surface area contributed by atoms with Gasteiger partial charge >= 0.3 is 0 Å². The lowest BCUT2D eigenvalue weighted by Crippen LogP contribution is -2.07. The molecule has 1 aromatic heterocycles. The topological polar surface area (TPSA) is 49.2 Å². The monoisotopic (exact) mass is 325 g/mol. The number of hydrogen-bond donors (Lipinski definition) is 0. The van der Waals surface area contributed by atoms with Gasteiger partial charge < -0.3 is 9.47 Å². The normalized spacial score (nSPS) is 10.9. The zero-order chi connectivity index (χ0) is 13.7. The number of halogens is 1. The SMILES string of the molecule is COCCOCn1cc(-c2cccc(Br)c2C)nn1. The molecule has 1 aromatic carbocycles. The van der Waals surface area contributed by atoms with Crippen molar-refractivity contribution in [2.24, 2.45) is 0 Å². The lowest BCUT2D eigenvalue weighted by Gasteiger charge is -2.04. The Morgan fingerprint density at radius 3 is 2.95 bits per heavy atom. The number of hydrogen-bond acceptors (Lipinski definition) is 4. The molecule has 0 aliphatic heterocycles. The van der Waals surface area contributed by atoms with E-state index in [1.807, 2.05) is 31.3 Å². The van der Waals surface area contributed by atoms with Gasteiger partial charge in [-0.1, -0.05) is 33.3 Å². The largest absolute Gasteiger partial charge is 0.382 e. The van der Waals surface area contributed by atoms with E-state index in [9.17, 15) is 0 Å². The van der Waals surface area contributed by atoms with Crippen LogP contribution >= 0.6 is 15.9 Å². The third-order valence-corrected chi connectivity index (χ3v) is 3.60. The van der Waals surface area contributed by atoms with E-state index < -0.39 is 0 Å². The number of ether oxygens (including phenoxy) is 2. The van der Waals surface area contributed by atoms with Crippen LogP contribution in [0.4, 0.5) is 0 Å². The highest BCUT2D eigenvalue weighted by Gasteiger charge is 2.08. The highest BCUT2D eigenvalue weighted by atomic mass is 79.9. The molecule has 6 heteroatoms. The Morgan fingerprint density at radius 2 is 2.16 bits per heavy atom. The quantitative estimate of drug-likeness (QED) is 0.766. The fraction of sp³-hybridized carbons (Fsp3) is 0.385. The van der Waals surface area contributed by atoms with E-state index >= 15 is 0 Å². The Hall–Kier alpha value is -1.24. The van der Waals surface area contributed by atoms with Crippen molar-refractivity contribution < 1.29 is 9.47 Å². The van der Waals surface area contributed by atoms with Gasteiger partial charge in [0.2, 0.25) is 0 Å². The Bertz CT molecular complexity index is 542. The van der Waals surface area contributed by atoms with Crippen LogP contribution in [0.2, 0.25) is 0 Å². The molecule has 0 atom stereocenters. The Labute approximate surface area is 120 Å². The molecule has 0 saturated carbocycles. The molecule has 0 spiro atoms. The first-order chi connectivity index (χ1) is 9.22. The number of nitrogens with zero attached hydrogens (tertiary/aromatic N) is 3. The van der Waals surface area contributed by atoms with Crippen molar-refractivity contribution in [3.63, 3.8) is 0 Å². The van der Waals surface area contributed by atoms with E-state index in [0.717, 1.165) is 21.3 Å². The number of aromatic nitrogens is 3. The molecule has 1 heterocycles. The Kier molecular flexibility index (Phi) is 5.07. The zero-order valence-electron chi connectivity index (χ0n) is 11.0. The van der Waals surface area contributed by atoms with Crippen molar-refractivity contribution in [3.8, 4) is 11.3 Å². The number of rotatable bonds is 6. The van der Waals surface area contributed by atoms with Crippen molar-refractivity contribution in [2.75, 3.05) is 20.3 Å². The van der Waals surface area contributed by atoms with E-state index in [-0.39, 0.29) is 0 Å². The van der Waals surface area contributed by atoms with Crippen LogP contribution in [-0.4, -0.2) is 35.3 Å².